The number of nitrogens with one attached hydrogen (secondary N) is 1. The van der Waals surface area contributed by atoms with Crippen molar-refractivity contribution in [2.24, 2.45) is 5.92 Å². The van der Waals surface area contributed by atoms with Crippen LogP contribution in [0.25, 0.3) is 0 Å². The van der Waals surface area contributed by atoms with E-state index in [0.29, 0.717) is 35.4 Å². The number of likely N-dealkylation sites (tertiary alicyclic amines) is 1. The van der Waals surface area contributed by atoms with E-state index in [9.17, 15) is 4.79 Å². The van der Waals surface area contributed by atoms with E-state index in [2.05, 4.69) is 22.1 Å². The molecule has 3 rings (SSSR count). The predicted molar refractivity (Wildman–Crippen MR) is 113 cm³/mol. The summed E-state index contributed by atoms with van der Waals surface area (Å²) in [5.41, 5.74) is 1.53. The highest BCUT2D eigenvalue weighted by Gasteiger charge is 2.18. The Morgan fingerprint density at radius 3 is 2.82 bits per heavy atom. The van der Waals surface area contributed by atoms with Crippen LogP contribution in [0.4, 0.5) is 5.13 Å². The molecule has 1 aromatic carbocycles. The van der Waals surface area contributed by atoms with E-state index in [1.54, 1.807) is 18.2 Å². The van der Waals surface area contributed by atoms with E-state index < -0.39 is 0 Å². The van der Waals surface area contributed by atoms with Gasteiger partial charge in [0.25, 0.3) is 5.91 Å². The Bertz CT molecular complexity index is 793. The molecule has 28 heavy (non-hydrogen) atoms. The first-order chi connectivity index (χ1) is 13.6. The van der Waals surface area contributed by atoms with Crippen LogP contribution in [-0.2, 0) is 6.54 Å². The molecule has 0 spiro atoms. The highest BCUT2D eigenvalue weighted by molar-refractivity contribution is 7.13. The van der Waals surface area contributed by atoms with Crippen LogP contribution < -0.4 is 14.8 Å². The average molecular weight is 404 g/mol. The number of anilines is 1. The summed E-state index contributed by atoms with van der Waals surface area (Å²) in [4.78, 5) is 19.7. The van der Waals surface area contributed by atoms with E-state index >= 15 is 0 Å². The summed E-state index contributed by atoms with van der Waals surface area (Å²) in [6.07, 6.45) is 2.55. The van der Waals surface area contributed by atoms with Crippen molar-refractivity contribution < 1.29 is 14.3 Å². The number of carbonyl (C=O) groups is 1. The molecule has 0 radical (unpaired) electrons. The van der Waals surface area contributed by atoms with Crippen LogP contribution in [0.3, 0.4) is 0 Å². The number of benzene rings is 1. The first kappa shape index (κ1) is 20.6. The molecule has 1 saturated heterocycles. The van der Waals surface area contributed by atoms with Gasteiger partial charge in [0, 0.05) is 24.0 Å². The normalized spacial score (nSPS) is 17.3. The molecule has 1 amide bonds. The Morgan fingerprint density at radius 1 is 1.29 bits per heavy atom. The molecule has 1 fully saturated rings. The molecule has 1 aliphatic rings. The van der Waals surface area contributed by atoms with Gasteiger partial charge in [-0.25, -0.2) is 4.98 Å². The number of amides is 1. The molecule has 2 aromatic rings. The molecule has 1 N–H and O–H groups in total. The van der Waals surface area contributed by atoms with Crippen molar-refractivity contribution in [2.45, 2.75) is 40.2 Å². The average Bonchev–Trinajstić information content (AvgIpc) is 3.10. The molecule has 0 saturated carbocycles. The molecular weight excluding hydrogens is 374 g/mol. The Morgan fingerprint density at radius 2 is 2.07 bits per heavy atom. The third kappa shape index (κ3) is 5.45. The number of aromatic nitrogens is 1. The molecule has 152 valence electrons. The number of rotatable bonds is 8. The van der Waals surface area contributed by atoms with Gasteiger partial charge in [0.1, 0.15) is 0 Å². The van der Waals surface area contributed by atoms with Gasteiger partial charge in [-0.15, -0.1) is 11.3 Å². The highest BCUT2D eigenvalue weighted by atomic mass is 32.1. The van der Waals surface area contributed by atoms with Crippen molar-refractivity contribution in [1.29, 1.82) is 0 Å². The van der Waals surface area contributed by atoms with Gasteiger partial charge in [0.15, 0.2) is 16.6 Å². The van der Waals surface area contributed by atoms with Crippen LogP contribution in [0.1, 0.15) is 49.7 Å². The highest BCUT2D eigenvalue weighted by Crippen LogP contribution is 2.29. The third-order valence-corrected chi connectivity index (χ3v) is 5.51. The monoisotopic (exact) mass is 403 g/mol. The maximum absolute atomic E-state index is 12.6. The van der Waals surface area contributed by atoms with Gasteiger partial charge in [0.05, 0.1) is 18.9 Å². The summed E-state index contributed by atoms with van der Waals surface area (Å²) in [6.45, 7) is 10.3. The number of piperidine rings is 1. The number of nitrogens with zero attached hydrogens (tertiary/aromatic N) is 2. The van der Waals surface area contributed by atoms with Crippen LogP contribution in [0, 0.1) is 5.92 Å². The van der Waals surface area contributed by atoms with Gasteiger partial charge in [0.2, 0.25) is 0 Å². The molecule has 7 heteroatoms. The topological polar surface area (TPSA) is 63.7 Å². The van der Waals surface area contributed by atoms with Crippen molar-refractivity contribution >= 4 is 22.4 Å². The van der Waals surface area contributed by atoms with E-state index in [1.807, 2.05) is 19.2 Å². The third-order valence-electron chi connectivity index (χ3n) is 4.70. The minimum Gasteiger partial charge on any atom is -0.490 e. The molecule has 1 aliphatic heterocycles. The lowest BCUT2D eigenvalue weighted by molar-refractivity contribution is 0.102. The largest absolute Gasteiger partial charge is 0.490 e. The Balaban J connectivity index is 1.63. The summed E-state index contributed by atoms with van der Waals surface area (Å²) in [6, 6.07) is 5.23. The summed E-state index contributed by atoms with van der Waals surface area (Å²) in [5, 5.41) is 5.55. The molecular formula is C21H29N3O3S. The van der Waals surface area contributed by atoms with Gasteiger partial charge >= 0.3 is 0 Å². The fourth-order valence-electron chi connectivity index (χ4n) is 3.46. The summed E-state index contributed by atoms with van der Waals surface area (Å²) in [7, 11) is 0. The molecule has 1 aromatic heterocycles. The lowest BCUT2D eigenvalue weighted by Gasteiger charge is -2.30. The number of thiazole rings is 1. The van der Waals surface area contributed by atoms with E-state index in [4.69, 9.17) is 9.47 Å². The smallest absolute Gasteiger partial charge is 0.257 e. The second kappa shape index (κ2) is 9.89. The number of hydrogen-bond acceptors (Lipinski definition) is 6. The number of ether oxygens (including phenoxy) is 2. The standard InChI is InChI=1S/C21H29N3O3S/c1-4-26-18-9-8-16(11-19(18)27-5-2)20(25)23-21-22-17(14-28-21)13-24-10-6-7-15(3)12-24/h8-9,11,14-15H,4-7,10,12-13H2,1-3H3,(H,22,23,25). The van der Waals surface area contributed by atoms with Crippen molar-refractivity contribution in [2.75, 3.05) is 31.6 Å². The Kier molecular flexibility index (Phi) is 7.28. The van der Waals surface area contributed by atoms with Crippen LogP contribution >= 0.6 is 11.3 Å². The van der Waals surface area contributed by atoms with Gasteiger partial charge < -0.3 is 9.47 Å². The first-order valence-corrected chi connectivity index (χ1v) is 10.8. The lowest BCUT2D eigenvalue weighted by Crippen LogP contribution is -2.33. The second-order valence-corrected chi connectivity index (χ2v) is 7.97. The van der Waals surface area contributed by atoms with Crippen molar-refractivity contribution in [3.8, 4) is 11.5 Å². The summed E-state index contributed by atoms with van der Waals surface area (Å²) in [5.74, 6) is 1.77. The number of hydrogen-bond donors (Lipinski definition) is 1. The van der Waals surface area contributed by atoms with Crippen LogP contribution in [-0.4, -0.2) is 42.1 Å². The fraction of sp³-hybridized carbons (Fsp3) is 0.524. The maximum atomic E-state index is 12.6. The zero-order chi connectivity index (χ0) is 19.9. The summed E-state index contributed by atoms with van der Waals surface area (Å²) >= 11 is 1.46. The van der Waals surface area contributed by atoms with Crippen LogP contribution in [0.15, 0.2) is 23.6 Å². The molecule has 0 aliphatic carbocycles. The Labute approximate surface area is 170 Å². The molecule has 1 unspecified atom stereocenters. The number of carbonyl (C=O) groups excluding carboxylic acids is 1. The van der Waals surface area contributed by atoms with E-state index in [0.717, 1.165) is 31.2 Å². The fourth-order valence-corrected chi connectivity index (χ4v) is 4.15. The molecule has 2 heterocycles. The quantitative estimate of drug-likeness (QED) is 0.707. The SMILES string of the molecule is CCOc1ccc(C(=O)Nc2nc(CN3CCCC(C)C3)cs2)cc1OCC. The molecule has 1 atom stereocenters. The van der Waals surface area contributed by atoms with Gasteiger partial charge in [-0.3, -0.25) is 15.0 Å². The zero-order valence-corrected chi connectivity index (χ0v) is 17.7. The van der Waals surface area contributed by atoms with Crippen molar-refractivity contribution in [3.05, 3.63) is 34.8 Å². The Hall–Kier alpha value is -2.12. The van der Waals surface area contributed by atoms with E-state index in [1.165, 1.54) is 24.2 Å². The molecule has 6 nitrogen and oxygen atoms in total. The zero-order valence-electron chi connectivity index (χ0n) is 16.9. The minimum absolute atomic E-state index is 0.198. The van der Waals surface area contributed by atoms with E-state index in [-0.39, 0.29) is 5.91 Å². The lowest BCUT2D eigenvalue weighted by atomic mass is 10.0. The maximum Gasteiger partial charge on any atom is 0.257 e. The van der Waals surface area contributed by atoms with Gasteiger partial charge in [-0.05, 0) is 57.4 Å². The van der Waals surface area contributed by atoms with Crippen molar-refractivity contribution in [1.82, 2.24) is 9.88 Å². The van der Waals surface area contributed by atoms with Crippen LogP contribution in [0.2, 0.25) is 0 Å². The first-order valence-electron chi connectivity index (χ1n) is 9.96. The minimum atomic E-state index is -0.198. The van der Waals surface area contributed by atoms with Crippen molar-refractivity contribution in [3.63, 3.8) is 0 Å². The summed E-state index contributed by atoms with van der Waals surface area (Å²) < 4.78 is 11.2. The van der Waals surface area contributed by atoms with Gasteiger partial charge in [-0.2, -0.15) is 0 Å². The predicted octanol–water partition coefficient (Wildman–Crippen LogP) is 4.42. The second-order valence-electron chi connectivity index (χ2n) is 7.11. The molecule has 0 bridgehead atoms. The van der Waals surface area contributed by atoms with Crippen LogP contribution in [0.5, 0.6) is 11.5 Å². The van der Waals surface area contributed by atoms with Gasteiger partial charge in [-0.1, -0.05) is 6.92 Å².